The van der Waals surface area contributed by atoms with Crippen molar-refractivity contribution in [2.45, 2.75) is 33.7 Å². The standard InChI is InChI=1S/C17H30N4/c1-4-6-18-13-16-12-17(5-7-19-16)21-10-8-20(9-11-21)14-15(2)3/h5,7,12,15,18H,4,6,8-11,13-14H2,1-3H3. The van der Waals surface area contributed by atoms with Gasteiger partial charge in [0.1, 0.15) is 0 Å². The molecule has 1 aliphatic heterocycles. The van der Waals surface area contributed by atoms with E-state index in [0.29, 0.717) is 0 Å². The number of hydrogen-bond donors (Lipinski definition) is 1. The molecule has 0 spiro atoms. The van der Waals surface area contributed by atoms with E-state index in [2.05, 4.69) is 53.0 Å². The molecule has 0 bridgehead atoms. The molecule has 1 aromatic heterocycles. The van der Waals surface area contributed by atoms with Crippen LogP contribution in [0.15, 0.2) is 18.3 Å². The molecular formula is C17H30N4. The molecule has 2 heterocycles. The van der Waals surface area contributed by atoms with Crippen LogP contribution in [0.4, 0.5) is 5.69 Å². The van der Waals surface area contributed by atoms with E-state index in [1.54, 1.807) is 0 Å². The van der Waals surface area contributed by atoms with Crippen LogP contribution in [0.3, 0.4) is 0 Å². The SMILES string of the molecule is CCCNCc1cc(N2CCN(CC(C)C)CC2)ccn1. The fourth-order valence-corrected chi connectivity index (χ4v) is 2.86. The quantitative estimate of drug-likeness (QED) is 0.781. The van der Waals surface area contributed by atoms with E-state index in [9.17, 15) is 0 Å². The van der Waals surface area contributed by atoms with Gasteiger partial charge in [-0.05, 0) is 31.0 Å². The molecule has 118 valence electrons. The van der Waals surface area contributed by atoms with Crippen LogP contribution < -0.4 is 10.2 Å². The summed E-state index contributed by atoms with van der Waals surface area (Å²) in [5.41, 5.74) is 2.47. The summed E-state index contributed by atoms with van der Waals surface area (Å²) in [5, 5.41) is 3.42. The van der Waals surface area contributed by atoms with Gasteiger partial charge in [-0.1, -0.05) is 20.8 Å². The number of nitrogens with zero attached hydrogens (tertiary/aromatic N) is 3. The van der Waals surface area contributed by atoms with Crippen LogP contribution in [-0.2, 0) is 6.54 Å². The lowest BCUT2D eigenvalue weighted by Crippen LogP contribution is -2.47. The summed E-state index contributed by atoms with van der Waals surface area (Å²) in [6, 6.07) is 4.38. The summed E-state index contributed by atoms with van der Waals surface area (Å²) in [4.78, 5) is 9.52. The second kappa shape index (κ2) is 8.35. The average Bonchev–Trinajstić information content (AvgIpc) is 2.48. The van der Waals surface area contributed by atoms with Gasteiger partial charge in [0.2, 0.25) is 0 Å². The zero-order chi connectivity index (χ0) is 15.1. The Morgan fingerprint density at radius 2 is 2.00 bits per heavy atom. The highest BCUT2D eigenvalue weighted by Gasteiger charge is 2.17. The maximum atomic E-state index is 4.46. The first-order valence-corrected chi connectivity index (χ1v) is 8.32. The van der Waals surface area contributed by atoms with Crippen molar-refractivity contribution < 1.29 is 0 Å². The molecule has 2 rings (SSSR count). The van der Waals surface area contributed by atoms with Gasteiger partial charge in [-0.15, -0.1) is 0 Å². The third kappa shape index (κ3) is 5.29. The molecule has 1 aliphatic rings. The smallest absolute Gasteiger partial charge is 0.0562 e. The van der Waals surface area contributed by atoms with Crippen LogP contribution in [0.2, 0.25) is 0 Å². The van der Waals surface area contributed by atoms with Crippen molar-refractivity contribution in [3.63, 3.8) is 0 Å². The fraction of sp³-hybridized carbons (Fsp3) is 0.706. The zero-order valence-electron chi connectivity index (χ0n) is 13.8. The first-order valence-electron chi connectivity index (χ1n) is 8.32. The first-order chi connectivity index (χ1) is 10.2. The van der Waals surface area contributed by atoms with Crippen molar-refractivity contribution in [3.8, 4) is 0 Å². The minimum atomic E-state index is 0.758. The molecule has 0 unspecified atom stereocenters. The number of aromatic nitrogens is 1. The number of piperazine rings is 1. The number of anilines is 1. The van der Waals surface area contributed by atoms with Crippen LogP contribution in [0.1, 0.15) is 32.9 Å². The fourth-order valence-electron chi connectivity index (χ4n) is 2.86. The molecule has 4 nitrogen and oxygen atoms in total. The van der Waals surface area contributed by atoms with Crippen LogP contribution in [0.5, 0.6) is 0 Å². The van der Waals surface area contributed by atoms with Gasteiger partial charge in [-0.25, -0.2) is 0 Å². The van der Waals surface area contributed by atoms with Crippen LogP contribution in [0, 0.1) is 5.92 Å². The molecule has 21 heavy (non-hydrogen) atoms. The molecule has 0 atom stereocenters. The van der Waals surface area contributed by atoms with Crippen molar-refractivity contribution in [1.82, 2.24) is 15.2 Å². The largest absolute Gasteiger partial charge is 0.369 e. The number of nitrogens with one attached hydrogen (secondary N) is 1. The summed E-state index contributed by atoms with van der Waals surface area (Å²) >= 11 is 0. The Kier molecular flexibility index (Phi) is 6.46. The van der Waals surface area contributed by atoms with Crippen LogP contribution in [-0.4, -0.2) is 49.2 Å². The summed E-state index contributed by atoms with van der Waals surface area (Å²) in [5.74, 6) is 0.758. The number of pyridine rings is 1. The third-order valence-corrected chi connectivity index (χ3v) is 3.89. The van der Waals surface area contributed by atoms with Gasteiger partial charge >= 0.3 is 0 Å². The monoisotopic (exact) mass is 290 g/mol. The molecule has 1 fully saturated rings. The van der Waals surface area contributed by atoms with E-state index in [1.807, 2.05) is 6.20 Å². The van der Waals surface area contributed by atoms with Crippen LogP contribution >= 0.6 is 0 Å². The highest BCUT2D eigenvalue weighted by Crippen LogP contribution is 2.17. The maximum absolute atomic E-state index is 4.46. The Bertz CT molecular complexity index is 411. The molecule has 1 aromatic rings. The second-order valence-electron chi connectivity index (χ2n) is 6.36. The summed E-state index contributed by atoms with van der Waals surface area (Å²) < 4.78 is 0. The Balaban J connectivity index is 1.86. The molecule has 0 aromatic carbocycles. The van der Waals surface area contributed by atoms with Crippen molar-refractivity contribution in [2.24, 2.45) is 5.92 Å². The lowest BCUT2D eigenvalue weighted by atomic mass is 10.2. The van der Waals surface area contributed by atoms with E-state index in [4.69, 9.17) is 0 Å². The summed E-state index contributed by atoms with van der Waals surface area (Å²) in [6.45, 7) is 14.5. The average molecular weight is 290 g/mol. The van der Waals surface area contributed by atoms with Crippen molar-refractivity contribution in [2.75, 3.05) is 44.2 Å². The molecule has 0 aliphatic carbocycles. The minimum absolute atomic E-state index is 0.758. The molecular weight excluding hydrogens is 260 g/mol. The summed E-state index contributed by atoms with van der Waals surface area (Å²) in [7, 11) is 0. The van der Waals surface area contributed by atoms with E-state index >= 15 is 0 Å². The van der Waals surface area contributed by atoms with Crippen molar-refractivity contribution in [1.29, 1.82) is 0 Å². The lowest BCUT2D eigenvalue weighted by molar-refractivity contribution is 0.231. The molecule has 1 N–H and O–H groups in total. The van der Waals surface area contributed by atoms with E-state index in [1.165, 1.54) is 25.3 Å². The Morgan fingerprint density at radius 3 is 2.67 bits per heavy atom. The highest BCUT2D eigenvalue weighted by molar-refractivity contribution is 5.47. The third-order valence-electron chi connectivity index (χ3n) is 3.89. The van der Waals surface area contributed by atoms with E-state index in [-0.39, 0.29) is 0 Å². The van der Waals surface area contributed by atoms with Crippen molar-refractivity contribution >= 4 is 5.69 Å². The Morgan fingerprint density at radius 1 is 1.24 bits per heavy atom. The highest BCUT2D eigenvalue weighted by atomic mass is 15.3. The van der Waals surface area contributed by atoms with Crippen LogP contribution in [0.25, 0.3) is 0 Å². The maximum Gasteiger partial charge on any atom is 0.0562 e. The molecule has 0 amide bonds. The number of rotatable bonds is 7. The van der Waals surface area contributed by atoms with Gasteiger partial charge in [-0.3, -0.25) is 9.88 Å². The summed E-state index contributed by atoms with van der Waals surface area (Å²) in [6.07, 6.45) is 3.11. The minimum Gasteiger partial charge on any atom is -0.369 e. The van der Waals surface area contributed by atoms with E-state index < -0.39 is 0 Å². The Hall–Kier alpha value is -1.13. The molecule has 4 heteroatoms. The number of hydrogen-bond acceptors (Lipinski definition) is 4. The normalized spacial score (nSPS) is 16.7. The molecule has 1 saturated heterocycles. The van der Waals surface area contributed by atoms with Gasteiger partial charge in [0, 0.05) is 51.2 Å². The van der Waals surface area contributed by atoms with Gasteiger partial charge in [-0.2, -0.15) is 0 Å². The van der Waals surface area contributed by atoms with Gasteiger partial charge in [0.05, 0.1) is 5.69 Å². The first kappa shape index (κ1) is 16.2. The van der Waals surface area contributed by atoms with E-state index in [0.717, 1.165) is 44.2 Å². The zero-order valence-corrected chi connectivity index (χ0v) is 13.8. The van der Waals surface area contributed by atoms with Gasteiger partial charge < -0.3 is 10.2 Å². The predicted molar refractivity (Wildman–Crippen MR) is 89.7 cm³/mol. The predicted octanol–water partition coefficient (Wildman–Crippen LogP) is 2.36. The van der Waals surface area contributed by atoms with Gasteiger partial charge in [0.25, 0.3) is 0 Å². The van der Waals surface area contributed by atoms with Crippen molar-refractivity contribution in [3.05, 3.63) is 24.0 Å². The molecule has 0 radical (unpaired) electrons. The Labute approximate surface area is 129 Å². The lowest BCUT2D eigenvalue weighted by Gasteiger charge is -2.36. The molecule has 0 saturated carbocycles. The van der Waals surface area contributed by atoms with Gasteiger partial charge in [0.15, 0.2) is 0 Å². The topological polar surface area (TPSA) is 31.4 Å². The second-order valence-corrected chi connectivity index (χ2v) is 6.36.